The molecular formula is C19H22N6. The average molecular weight is 334 g/mol. The molecule has 0 spiro atoms. The van der Waals surface area contributed by atoms with Crippen LogP contribution in [0.4, 0.5) is 5.82 Å². The predicted molar refractivity (Wildman–Crippen MR) is 98.1 cm³/mol. The third-order valence-electron chi connectivity index (χ3n) is 4.55. The summed E-state index contributed by atoms with van der Waals surface area (Å²) in [6, 6.07) is 10.6. The quantitative estimate of drug-likeness (QED) is 0.751. The maximum absolute atomic E-state index is 4.49. The fourth-order valence-corrected chi connectivity index (χ4v) is 3.25. The summed E-state index contributed by atoms with van der Waals surface area (Å²) in [6.07, 6.45) is 9.55. The standard InChI is InChI=1S/C19H22N6/c1-2-5-15(6-3-1)19-23-12-17(24-19)11-22-16-7-4-10-25(14-16)18-13-20-8-9-21-18/h1-3,5-6,8-9,12-13,16,22H,4,7,10-11,14H2,(H,23,24). The summed E-state index contributed by atoms with van der Waals surface area (Å²) >= 11 is 0. The first-order chi connectivity index (χ1) is 12.4. The molecule has 1 atom stereocenters. The van der Waals surface area contributed by atoms with Gasteiger partial charge in [0.05, 0.1) is 6.20 Å². The molecule has 0 bridgehead atoms. The molecule has 1 aromatic carbocycles. The molecule has 25 heavy (non-hydrogen) atoms. The van der Waals surface area contributed by atoms with Crippen molar-refractivity contribution in [2.75, 3.05) is 18.0 Å². The van der Waals surface area contributed by atoms with Crippen LogP contribution in [-0.4, -0.2) is 39.1 Å². The van der Waals surface area contributed by atoms with Crippen molar-refractivity contribution in [1.82, 2.24) is 25.3 Å². The lowest BCUT2D eigenvalue weighted by Crippen LogP contribution is -2.45. The Hall–Kier alpha value is -2.73. The topological polar surface area (TPSA) is 69.7 Å². The summed E-state index contributed by atoms with van der Waals surface area (Å²) in [5, 5.41) is 3.64. The molecule has 1 unspecified atom stereocenters. The molecule has 0 aliphatic carbocycles. The number of nitrogens with zero attached hydrogens (tertiary/aromatic N) is 4. The first kappa shape index (κ1) is 15.8. The minimum Gasteiger partial charge on any atom is -0.354 e. The van der Waals surface area contributed by atoms with Gasteiger partial charge in [0.1, 0.15) is 11.6 Å². The van der Waals surface area contributed by atoms with E-state index in [9.17, 15) is 0 Å². The van der Waals surface area contributed by atoms with E-state index in [1.54, 1.807) is 12.4 Å². The third kappa shape index (κ3) is 3.85. The Morgan fingerprint density at radius 3 is 2.88 bits per heavy atom. The van der Waals surface area contributed by atoms with E-state index in [1.807, 2.05) is 30.6 Å². The number of benzene rings is 1. The Kier molecular flexibility index (Phi) is 4.70. The molecule has 1 fully saturated rings. The van der Waals surface area contributed by atoms with Crippen LogP contribution in [0, 0.1) is 0 Å². The average Bonchev–Trinajstić information content (AvgIpc) is 3.17. The minimum absolute atomic E-state index is 0.444. The van der Waals surface area contributed by atoms with E-state index in [4.69, 9.17) is 0 Å². The molecule has 1 aliphatic rings. The molecule has 2 N–H and O–H groups in total. The van der Waals surface area contributed by atoms with E-state index >= 15 is 0 Å². The highest BCUT2D eigenvalue weighted by atomic mass is 15.2. The lowest BCUT2D eigenvalue weighted by atomic mass is 10.1. The van der Waals surface area contributed by atoms with Gasteiger partial charge in [0, 0.05) is 55.5 Å². The van der Waals surface area contributed by atoms with Crippen LogP contribution in [0.5, 0.6) is 0 Å². The van der Waals surface area contributed by atoms with E-state index in [0.717, 1.165) is 49.0 Å². The van der Waals surface area contributed by atoms with Gasteiger partial charge in [-0.2, -0.15) is 0 Å². The fraction of sp³-hybridized carbons (Fsp3) is 0.316. The van der Waals surface area contributed by atoms with Gasteiger partial charge in [-0.25, -0.2) is 9.97 Å². The van der Waals surface area contributed by atoms with Gasteiger partial charge in [-0.05, 0) is 12.8 Å². The summed E-state index contributed by atoms with van der Waals surface area (Å²) in [5.41, 5.74) is 2.22. The summed E-state index contributed by atoms with van der Waals surface area (Å²) in [6.45, 7) is 2.79. The van der Waals surface area contributed by atoms with Crippen LogP contribution in [0.25, 0.3) is 11.4 Å². The number of hydrogen-bond donors (Lipinski definition) is 2. The number of aromatic nitrogens is 4. The second-order valence-corrected chi connectivity index (χ2v) is 6.35. The highest BCUT2D eigenvalue weighted by molar-refractivity contribution is 5.54. The molecule has 1 saturated heterocycles. The van der Waals surface area contributed by atoms with E-state index in [1.165, 1.54) is 6.42 Å². The van der Waals surface area contributed by atoms with Crippen LogP contribution in [0.2, 0.25) is 0 Å². The first-order valence-electron chi connectivity index (χ1n) is 8.72. The molecule has 0 radical (unpaired) electrons. The van der Waals surface area contributed by atoms with Crippen LogP contribution in [-0.2, 0) is 6.54 Å². The number of piperidine rings is 1. The van der Waals surface area contributed by atoms with E-state index in [-0.39, 0.29) is 0 Å². The monoisotopic (exact) mass is 334 g/mol. The van der Waals surface area contributed by atoms with E-state index in [2.05, 4.69) is 42.3 Å². The molecule has 0 saturated carbocycles. The number of rotatable bonds is 5. The van der Waals surface area contributed by atoms with Crippen molar-refractivity contribution < 1.29 is 0 Å². The van der Waals surface area contributed by atoms with Crippen molar-refractivity contribution >= 4 is 5.82 Å². The van der Waals surface area contributed by atoms with Gasteiger partial charge in [-0.15, -0.1) is 0 Å². The second kappa shape index (κ2) is 7.44. The molecule has 6 nitrogen and oxygen atoms in total. The Labute approximate surface area is 147 Å². The minimum atomic E-state index is 0.444. The maximum atomic E-state index is 4.49. The fourth-order valence-electron chi connectivity index (χ4n) is 3.25. The van der Waals surface area contributed by atoms with Crippen molar-refractivity contribution in [3.05, 3.63) is 60.8 Å². The van der Waals surface area contributed by atoms with Gasteiger partial charge >= 0.3 is 0 Å². The number of anilines is 1. The molecule has 3 aromatic rings. The number of H-pyrrole nitrogens is 1. The van der Waals surface area contributed by atoms with Gasteiger partial charge < -0.3 is 15.2 Å². The van der Waals surface area contributed by atoms with Crippen molar-refractivity contribution in [3.8, 4) is 11.4 Å². The predicted octanol–water partition coefficient (Wildman–Crippen LogP) is 2.63. The maximum Gasteiger partial charge on any atom is 0.147 e. The van der Waals surface area contributed by atoms with Crippen LogP contribution < -0.4 is 10.2 Å². The largest absolute Gasteiger partial charge is 0.354 e. The molecular weight excluding hydrogens is 312 g/mol. The van der Waals surface area contributed by atoms with E-state index in [0.29, 0.717) is 6.04 Å². The SMILES string of the molecule is c1ccc(-c2ncc(CNC3CCCN(c4cnccn4)C3)[nH]2)cc1. The molecule has 2 aromatic heterocycles. The zero-order valence-electron chi connectivity index (χ0n) is 14.1. The molecule has 128 valence electrons. The number of nitrogens with one attached hydrogen (secondary N) is 2. The van der Waals surface area contributed by atoms with Crippen LogP contribution in [0.15, 0.2) is 55.1 Å². The van der Waals surface area contributed by atoms with Crippen LogP contribution >= 0.6 is 0 Å². The molecule has 6 heteroatoms. The van der Waals surface area contributed by atoms with Gasteiger partial charge in [0.2, 0.25) is 0 Å². The van der Waals surface area contributed by atoms with Crippen molar-refractivity contribution in [3.63, 3.8) is 0 Å². The van der Waals surface area contributed by atoms with Crippen molar-refractivity contribution in [2.24, 2.45) is 0 Å². The van der Waals surface area contributed by atoms with Crippen molar-refractivity contribution in [2.45, 2.75) is 25.4 Å². The smallest absolute Gasteiger partial charge is 0.147 e. The summed E-state index contributed by atoms with van der Waals surface area (Å²) in [7, 11) is 0. The number of aromatic amines is 1. The summed E-state index contributed by atoms with van der Waals surface area (Å²) in [4.78, 5) is 18.8. The Balaban J connectivity index is 1.35. The zero-order chi connectivity index (χ0) is 16.9. The van der Waals surface area contributed by atoms with Gasteiger partial charge in [0.15, 0.2) is 0 Å². The number of imidazole rings is 1. The van der Waals surface area contributed by atoms with Gasteiger partial charge in [0.25, 0.3) is 0 Å². The normalized spacial score (nSPS) is 17.6. The Morgan fingerprint density at radius 2 is 2.04 bits per heavy atom. The second-order valence-electron chi connectivity index (χ2n) is 6.35. The van der Waals surface area contributed by atoms with E-state index < -0.39 is 0 Å². The summed E-state index contributed by atoms with van der Waals surface area (Å²) in [5.74, 6) is 1.88. The van der Waals surface area contributed by atoms with Gasteiger partial charge in [-0.1, -0.05) is 30.3 Å². The zero-order valence-corrected chi connectivity index (χ0v) is 14.1. The Morgan fingerprint density at radius 1 is 1.12 bits per heavy atom. The van der Waals surface area contributed by atoms with Crippen molar-refractivity contribution in [1.29, 1.82) is 0 Å². The molecule has 0 amide bonds. The van der Waals surface area contributed by atoms with Crippen LogP contribution in [0.3, 0.4) is 0 Å². The summed E-state index contributed by atoms with van der Waals surface area (Å²) < 4.78 is 0. The Bertz CT molecular complexity index is 786. The molecule has 3 heterocycles. The van der Waals surface area contributed by atoms with Gasteiger partial charge in [-0.3, -0.25) is 4.98 Å². The molecule has 1 aliphatic heterocycles. The molecule has 4 rings (SSSR count). The lowest BCUT2D eigenvalue weighted by Gasteiger charge is -2.33. The number of hydrogen-bond acceptors (Lipinski definition) is 5. The first-order valence-corrected chi connectivity index (χ1v) is 8.72. The lowest BCUT2D eigenvalue weighted by molar-refractivity contribution is 0.418. The third-order valence-corrected chi connectivity index (χ3v) is 4.55. The highest BCUT2D eigenvalue weighted by Crippen LogP contribution is 2.18. The van der Waals surface area contributed by atoms with Crippen LogP contribution in [0.1, 0.15) is 18.5 Å². The highest BCUT2D eigenvalue weighted by Gasteiger charge is 2.20.